The van der Waals surface area contributed by atoms with Crippen molar-refractivity contribution in [1.82, 2.24) is 0 Å². The number of benzene rings is 2. The van der Waals surface area contributed by atoms with E-state index in [1.165, 1.54) is 18.2 Å². The summed E-state index contributed by atoms with van der Waals surface area (Å²) in [5.41, 5.74) is -0.0154. The minimum absolute atomic E-state index is 0.106. The lowest BCUT2D eigenvalue weighted by Crippen LogP contribution is -2.10. The fourth-order valence-corrected chi connectivity index (χ4v) is 1.98. The van der Waals surface area contributed by atoms with Crippen molar-refractivity contribution in [3.63, 3.8) is 0 Å². The number of hydrogen-bond donors (Lipinski definition) is 0. The van der Waals surface area contributed by atoms with Crippen LogP contribution < -0.4 is 9.47 Å². The van der Waals surface area contributed by atoms with Gasteiger partial charge in [0, 0.05) is 16.1 Å². The fourth-order valence-electron chi connectivity index (χ4n) is 1.71. The predicted molar refractivity (Wildman–Crippen MR) is 83.6 cm³/mol. The number of ether oxygens (including phenoxy) is 2. The maximum Gasteiger partial charge on any atom is 0.311 e. The van der Waals surface area contributed by atoms with Crippen LogP contribution in [-0.2, 0) is 0 Å². The fraction of sp³-hybridized carbons (Fsp3) is 0.133. The topological polar surface area (TPSA) is 78.7 Å². The molecular weight excluding hydrogens is 354 g/mol. The van der Waals surface area contributed by atoms with Gasteiger partial charge in [0.1, 0.15) is 25.2 Å². The zero-order valence-corrected chi connectivity index (χ0v) is 13.0. The predicted octanol–water partition coefficient (Wildman–Crippen LogP) is 3.63. The summed E-state index contributed by atoms with van der Waals surface area (Å²) in [5.74, 6) is 0.785. The molecule has 0 unspecified atom stereocenters. The largest absolute Gasteiger partial charge is 0.490 e. The smallest absolute Gasteiger partial charge is 0.311 e. The Hall–Kier alpha value is -2.41. The molecule has 0 N–H and O–H groups in total. The summed E-state index contributed by atoms with van der Waals surface area (Å²) in [6.45, 7) is 0.394. The molecule has 2 aromatic carbocycles. The van der Waals surface area contributed by atoms with Gasteiger partial charge in [0.25, 0.3) is 0 Å². The highest BCUT2D eigenvalue weighted by atomic mass is 79.9. The SMILES string of the molecule is O=Cc1ccc(OCCOc2ccc(Br)cc2)c([N+](=O)[O-])c1. The zero-order chi connectivity index (χ0) is 15.9. The van der Waals surface area contributed by atoms with E-state index >= 15 is 0 Å². The van der Waals surface area contributed by atoms with E-state index in [1.807, 2.05) is 12.1 Å². The van der Waals surface area contributed by atoms with Gasteiger partial charge in [0.05, 0.1) is 4.92 Å². The third kappa shape index (κ3) is 4.29. The molecule has 0 radical (unpaired) electrons. The van der Waals surface area contributed by atoms with Gasteiger partial charge >= 0.3 is 5.69 Å². The number of nitro groups is 1. The van der Waals surface area contributed by atoms with Crippen LogP contribution in [0.5, 0.6) is 11.5 Å². The minimum Gasteiger partial charge on any atom is -0.490 e. The average Bonchev–Trinajstić information content (AvgIpc) is 2.53. The Morgan fingerprint density at radius 3 is 2.41 bits per heavy atom. The van der Waals surface area contributed by atoms with E-state index in [9.17, 15) is 14.9 Å². The first-order chi connectivity index (χ1) is 10.6. The number of rotatable bonds is 7. The number of nitro benzene ring substituents is 1. The van der Waals surface area contributed by atoms with Gasteiger partial charge in [0.2, 0.25) is 0 Å². The summed E-state index contributed by atoms with van der Waals surface area (Å²) in [4.78, 5) is 21.0. The van der Waals surface area contributed by atoms with Crippen molar-refractivity contribution >= 4 is 27.9 Å². The molecule has 0 saturated heterocycles. The summed E-state index contributed by atoms with van der Waals surface area (Å²) in [6, 6.07) is 11.3. The van der Waals surface area contributed by atoms with Crippen LogP contribution in [0.15, 0.2) is 46.9 Å². The van der Waals surface area contributed by atoms with E-state index in [1.54, 1.807) is 12.1 Å². The van der Waals surface area contributed by atoms with E-state index < -0.39 is 4.92 Å². The van der Waals surface area contributed by atoms with Crippen LogP contribution in [0.3, 0.4) is 0 Å². The Balaban J connectivity index is 1.92. The molecule has 2 aromatic rings. The van der Waals surface area contributed by atoms with Crippen molar-refractivity contribution in [3.05, 3.63) is 62.6 Å². The average molecular weight is 366 g/mol. The lowest BCUT2D eigenvalue weighted by Gasteiger charge is -2.09. The molecule has 0 atom stereocenters. The quantitative estimate of drug-likeness (QED) is 0.324. The Morgan fingerprint density at radius 1 is 1.09 bits per heavy atom. The summed E-state index contributed by atoms with van der Waals surface area (Å²) >= 11 is 3.32. The Morgan fingerprint density at radius 2 is 1.77 bits per heavy atom. The van der Waals surface area contributed by atoms with Crippen molar-refractivity contribution in [1.29, 1.82) is 0 Å². The van der Waals surface area contributed by atoms with E-state index in [-0.39, 0.29) is 30.2 Å². The Labute approximate surface area is 134 Å². The van der Waals surface area contributed by atoms with E-state index in [2.05, 4.69) is 15.9 Å². The standard InChI is InChI=1S/C15H12BrNO5/c16-12-2-4-13(5-3-12)21-7-8-22-15-6-1-11(10-18)9-14(15)17(19)20/h1-6,9-10H,7-8H2. The van der Waals surface area contributed by atoms with Gasteiger partial charge in [-0.05, 0) is 36.4 Å². The third-order valence-electron chi connectivity index (χ3n) is 2.74. The van der Waals surface area contributed by atoms with Crippen LogP contribution in [0.1, 0.15) is 10.4 Å². The number of halogens is 1. The molecule has 6 nitrogen and oxygen atoms in total. The van der Waals surface area contributed by atoms with E-state index in [0.29, 0.717) is 12.0 Å². The van der Waals surface area contributed by atoms with Crippen LogP contribution in [0.4, 0.5) is 5.69 Å². The van der Waals surface area contributed by atoms with Gasteiger partial charge in [-0.15, -0.1) is 0 Å². The van der Waals surface area contributed by atoms with Crippen molar-refractivity contribution in [2.24, 2.45) is 0 Å². The minimum atomic E-state index is -0.585. The Bertz CT molecular complexity index is 672. The second-order valence-electron chi connectivity index (χ2n) is 4.25. The first-order valence-corrected chi connectivity index (χ1v) is 7.14. The highest BCUT2D eigenvalue weighted by molar-refractivity contribution is 9.10. The maximum absolute atomic E-state index is 10.9. The summed E-state index contributed by atoms with van der Waals surface area (Å²) < 4.78 is 11.8. The first kappa shape index (κ1) is 16.0. The van der Waals surface area contributed by atoms with Crippen LogP contribution in [0.2, 0.25) is 0 Å². The molecule has 0 heterocycles. The van der Waals surface area contributed by atoms with E-state index in [4.69, 9.17) is 9.47 Å². The summed E-state index contributed by atoms with van der Waals surface area (Å²) in [5, 5.41) is 10.9. The molecule has 0 spiro atoms. The molecule has 0 fully saturated rings. The lowest BCUT2D eigenvalue weighted by molar-refractivity contribution is -0.385. The molecule has 0 aromatic heterocycles. The number of carbonyl (C=O) groups is 1. The molecule has 0 amide bonds. The molecule has 114 valence electrons. The molecule has 0 aliphatic carbocycles. The van der Waals surface area contributed by atoms with Crippen molar-refractivity contribution in [2.75, 3.05) is 13.2 Å². The van der Waals surface area contributed by atoms with Crippen molar-refractivity contribution in [2.45, 2.75) is 0 Å². The molecule has 7 heteroatoms. The molecule has 0 bridgehead atoms. The monoisotopic (exact) mass is 365 g/mol. The van der Waals surface area contributed by atoms with Gasteiger partial charge in [0.15, 0.2) is 5.75 Å². The second-order valence-corrected chi connectivity index (χ2v) is 5.17. The van der Waals surface area contributed by atoms with Gasteiger partial charge in [-0.1, -0.05) is 15.9 Å². The van der Waals surface area contributed by atoms with Crippen molar-refractivity contribution < 1.29 is 19.2 Å². The highest BCUT2D eigenvalue weighted by Gasteiger charge is 2.15. The van der Waals surface area contributed by atoms with Gasteiger partial charge < -0.3 is 9.47 Å². The molecule has 0 aliphatic heterocycles. The molecule has 0 saturated carbocycles. The first-order valence-electron chi connectivity index (χ1n) is 6.35. The van der Waals surface area contributed by atoms with Crippen molar-refractivity contribution in [3.8, 4) is 11.5 Å². The van der Waals surface area contributed by atoms with Gasteiger partial charge in [-0.2, -0.15) is 0 Å². The molecule has 0 aliphatic rings. The van der Waals surface area contributed by atoms with Crippen LogP contribution >= 0.6 is 15.9 Å². The van der Waals surface area contributed by atoms with Crippen LogP contribution in [-0.4, -0.2) is 24.4 Å². The summed E-state index contributed by atoms with van der Waals surface area (Å²) in [7, 11) is 0. The van der Waals surface area contributed by atoms with Gasteiger partial charge in [-0.25, -0.2) is 0 Å². The number of carbonyl (C=O) groups excluding carboxylic acids is 1. The molecule has 2 rings (SSSR count). The zero-order valence-electron chi connectivity index (χ0n) is 11.4. The Kier molecular flexibility index (Phi) is 5.48. The number of aldehydes is 1. The van der Waals surface area contributed by atoms with Gasteiger partial charge in [-0.3, -0.25) is 14.9 Å². The normalized spacial score (nSPS) is 10.0. The summed E-state index contributed by atoms with van der Waals surface area (Å²) in [6.07, 6.45) is 0.549. The molecule has 22 heavy (non-hydrogen) atoms. The maximum atomic E-state index is 10.9. The lowest BCUT2D eigenvalue weighted by atomic mass is 10.2. The van der Waals surface area contributed by atoms with Crippen LogP contribution in [0, 0.1) is 10.1 Å². The number of hydrogen-bond acceptors (Lipinski definition) is 5. The second kappa shape index (κ2) is 7.56. The van der Waals surface area contributed by atoms with Crippen LogP contribution in [0.25, 0.3) is 0 Å². The third-order valence-corrected chi connectivity index (χ3v) is 3.27. The van der Waals surface area contributed by atoms with E-state index in [0.717, 1.165) is 4.47 Å². The highest BCUT2D eigenvalue weighted by Crippen LogP contribution is 2.27. The number of nitrogens with zero attached hydrogens (tertiary/aromatic N) is 1. The molecular formula is C15H12BrNO5.